The molecular formula is C12H14Br2N4O. The third kappa shape index (κ3) is 3.61. The molecule has 0 spiro atoms. The average molecular weight is 390 g/mol. The van der Waals surface area contributed by atoms with Crippen molar-refractivity contribution in [1.82, 2.24) is 15.1 Å². The Hall–Kier alpha value is -0.790. The molecule has 7 heteroatoms. The first-order valence-electron chi connectivity index (χ1n) is 5.98. The van der Waals surface area contributed by atoms with Gasteiger partial charge in [0.2, 0.25) is 11.7 Å². The van der Waals surface area contributed by atoms with Crippen molar-refractivity contribution in [3.63, 3.8) is 0 Å². The molecule has 1 unspecified atom stereocenters. The van der Waals surface area contributed by atoms with E-state index in [9.17, 15) is 0 Å². The number of halogens is 2. The third-order valence-corrected chi connectivity index (χ3v) is 3.90. The van der Waals surface area contributed by atoms with Crippen molar-refractivity contribution in [3.8, 4) is 11.5 Å². The van der Waals surface area contributed by atoms with Gasteiger partial charge in [-0.15, -0.1) is 0 Å². The lowest BCUT2D eigenvalue weighted by molar-refractivity contribution is 0.350. The van der Waals surface area contributed by atoms with Crippen LogP contribution in [0.5, 0.6) is 0 Å². The average Bonchev–Trinajstić information content (AvgIpc) is 2.84. The molecule has 2 aromatic rings. The van der Waals surface area contributed by atoms with Gasteiger partial charge in [-0.05, 0) is 50.4 Å². The SMILES string of the molecule is CCC(CN)Cc1nc(-c2ncc(Br)cc2Br)no1. The molecule has 2 rings (SSSR count). The van der Waals surface area contributed by atoms with Crippen molar-refractivity contribution in [2.24, 2.45) is 11.7 Å². The van der Waals surface area contributed by atoms with Gasteiger partial charge in [0.1, 0.15) is 5.69 Å². The van der Waals surface area contributed by atoms with Crippen LogP contribution in [0.2, 0.25) is 0 Å². The first-order valence-corrected chi connectivity index (χ1v) is 7.56. The van der Waals surface area contributed by atoms with Gasteiger partial charge in [0.15, 0.2) is 0 Å². The van der Waals surface area contributed by atoms with Gasteiger partial charge in [-0.25, -0.2) is 0 Å². The summed E-state index contributed by atoms with van der Waals surface area (Å²) in [6.07, 6.45) is 3.40. The predicted molar refractivity (Wildman–Crippen MR) is 79.5 cm³/mol. The van der Waals surface area contributed by atoms with Crippen molar-refractivity contribution in [2.75, 3.05) is 6.54 Å². The van der Waals surface area contributed by atoms with Crippen molar-refractivity contribution in [1.29, 1.82) is 0 Å². The molecule has 0 saturated heterocycles. The summed E-state index contributed by atoms with van der Waals surface area (Å²) in [7, 11) is 0. The number of pyridine rings is 1. The Balaban J connectivity index is 2.20. The summed E-state index contributed by atoms with van der Waals surface area (Å²) in [6.45, 7) is 2.72. The highest BCUT2D eigenvalue weighted by atomic mass is 79.9. The molecule has 2 N–H and O–H groups in total. The molecule has 102 valence electrons. The van der Waals surface area contributed by atoms with Crippen LogP contribution in [0.3, 0.4) is 0 Å². The van der Waals surface area contributed by atoms with Crippen molar-refractivity contribution in [2.45, 2.75) is 19.8 Å². The second kappa shape index (κ2) is 6.58. The van der Waals surface area contributed by atoms with E-state index in [1.165, 1.54) is 0 Å². The van der Waals surface area contributed by atoms with E-state index in [1.54, 1.807) is 6.20 Å². The van der Waals surface area contributed by atoms with Gasteiger partial charge < -0.3 is 10.3 Å². The van der Waals surface area contributed by atoms with Gasteiger partial charge in [0.05, 0.1) is 0 Å². The van der Waals surface area contributed by atoms with Gasteiger partial charge in [0, 0.05) is 21.6 Å². The Kier molecular flexibility index (Phi) is 5.06. The van der Waals surface area contributed by atoms with Crippen LogP contribution in [0.25, 0.3) is 11.5 Å². The van der Waals surface area contributed by atoms with E-state index >= 15 is 0 Å². The molecule has 2 heterocycles. The van der Waals surface area contributed by atoms with E-state index < -0.39 is 0 Å². The fraction of sp³-hybridized carbons (Fsp3) is 0.417. The molecule has 5 nitrogen and oxygen atoms in total. The van der Waals surface area contributed by atoms with Crippen LogP contribution >= 0.6 is 31.9 Å². The number of hydrogen-bond acceptors (Lipinski definition) is 5. The summed E-state index contributed by atoms with van der Waals surface area (Å²) >= 11 is 6.79. The van der Waals surface area contributed by atoms with Gasteiger partial charge in [-0.2, -0.15) is 4.98 Å². The highest BCUT2D eigenvalue weighted by Crippen LogP contribution is 2.26. The number of aromatic nitrogens is 3. The normalized spacial score (nSPS) is 12.6. The second-order valence-electron chi connectivity index (χ2n) is 4.21. The summed E-state index contributed by atoms with van der Waals surface area (Å²) in [5, 5.41) is 3.96. The summed E-state index contributed by atoms with van der Waals surface area (Å²) in [5.74, 6) is 1.46. The summed E-state index contributed by atoms with van der Waals surface area (Å²) in [5.41, 5.74) is 6.34. The van der Waals surface area contributed by atoms with Crippen molar-refractivity contribution < 1.29 is 4.52 Å². The predicted octanol–water partition coefficient (Wildman–Crippen LogP) is 3.18. The first-order chi connectivity index (χ1) is 9.13. The fourth-order valence-corrected chi connectivity index (χ4v) is 2.82. The molecule has 0 bridgehead atoms. The molecular weight excluding hydrogens is 376 g/mol. The first kappa shape index (κ1) is 14.6. The Morgan fingerprint density at radius 3 is 2.84 bits per heavy atom. The van der Waals surface area contributed by atoms with Crippen LogP contribution in [-0.2, 0) is 6.42 Å². The van der Waals surface area contributed by atoms with Crippen LogP contribution in [0.1, 0.15) is 19.2 Å². The number of rotatable bonds is 5. The zero-order chi connectivity index (χ0) is 13.8. The van der Waals surface area contributed by atoms with Crippen molar-refractivity contribution >= 4 is 31.9 Å². The van der Waals surface area contributed by atoms with Gasteiger partial charge >= 0.3 is 0 Å². The Morgan fingerprint density at radius 2 is 2.21 bits per heavy atom. The molecule has 0 aromatic carbocycles. The van der Waals surface area contributed by atoms with Crippen LogP contribution in [0.4, 0.5) is 0 Å². The van der Waals surface area contributed by atoms with E-state index in [1.807, 2.05) is 6.07 Å². The minimum Gasteiger partial charge on any atom is -0.339 e. The number of hydrogen-bond donors (Lipinski definition) is 1. The maximum Gasteiger partial charge on any atom is 0.227 e. The topological polar surface area (TPSA) is 77.8 Å². The lowest BCUT2D eigenvalue weighted by atomic mass is 10.0. The van der Waals surface area contributed by atoms with Gasteiger partial charge in [-0.3, -0.25) is 4.98 Å². The molecule has 0 saturated carbocycles. The smallest absolute Gasteiger partial charge is 0.227 e. The van der Waals surface area contributed by atoms with E-state index in [2.05, 4.69) is 53.9 Å². The maximum absolute atomic E-state index is 5.67. The van der Waals surface area contributed by atoms with Crippen LogP contribution in [0, 0.1) is 5.92 Å². The molecule has 2 aromatic heterocycles. The van der Waals surface area contributed by atoms with Crippen LogP contribution in [0.15, 0.2) is 25.7 Å². The van der Waals surface area contributed by atoms with E-state index in [-0.39, 0.29) is 0 Å². The second-order valence-corrected chi connectivity index (χ2v) is 5.98. The van der Waals surface area contributed by atoms with Crippen LogP contribution in [-0.4, -0.2) is 21.7 Å². The van der Waals surface area contributed by atoms with Gasteiger partial charge in [-0.1, -0.05) is 18.5 Å². The standard InChI is InChI=1S/C12H14Br2N4O/c1-2-7(5-15)3-10-17-12(18-19-10)11-9(14)4-8(13)6-16-11/h4,6-7H,2-3,5,15H2,1H3. The molecule has 0 fully saturated rings. The zero-order valence-electron chi connectivity index (χ0n) is 10.4. The number of nitrogens with two attached hydrogens (primary N) is 1. The molecule has 19 heavy (non-hydrogen) atoms. The quantitative estimate of drug-likeness (QED) is 0.849. The van der Waals surface area contributed by atoms with E-state index in [0.717, 1.165) is 15.4 Å². The molecule has 1 atom stereocenters. The van der Waals surface area contributed by atoms with Crippen LogP contribution < -0.4 is 5.73 Å². The molecule has 0 aliphatic carbocycles. The number of nitrogens with zero attached hydrogens (tertiary/aromatic N) is 3. The minimum atomic E-state index is 0.370. The maximum atomic E-state index is 5.67. The molecule has 0 aliphatic heterocycles. The lowest BCUT2D eigenvalue weighted by Crippen LogP contribution is -2.15. The van der Waals surface area contributed by atoms with Crippen molar-refractivity contribution in [3.05, 3.63) is 27.1 Å². The lowest BCUT2D eigenvalue weighted by Gasteiger charge is -2.07. The monoisotopic (exact) mass is 388 g/mol. The summed E-state index contributed by atoms with van der Waals surface area (Å²) in [4.78, 5) is 8.64. The fourth-order valence-electron chi connectivity index (χ4n) is 1.65. The van der Waals surface area contributed by atoms with E-state index in [4.69, 9.17) is 10.3 Å². The Morgan fingerprint density at radius 1 is 1.42 bits per heavy atom. The van der Waals surface area contributed by atoms with E-state index in [0.29, 0.717) is 36.3 Å². The van der Waals surface area contributed by atoms with Gasteiger partial charge in [0.25, 0.3) is 0 Å². The third-order valence-electron chi connectivity index (χ3n) is 2.86. The molecule has 0 radical (unpaired) electrons. The zero-order valence-corrected chi connectivity index (χ0v) is 13.6. The Bertz CT molecular complexity index is 554. The highest BCUT2D eigenvalue weighted by molar-refractivity contribution is 9.11. The summed E-state index contributed by atoms with van der Waals surface area (Å²) < 4.78 is 6.96. The summed E-state index contributed by atoms with van der Waals surface area (Å²) in [6, 6.07) is 1.90. The minimum absolute atomic E-state index is 0.370. The highest BCUT2D eigenvalue weighted by Gasteiger charge is 2.15. The molecule has 0 amide bonds. The molecule has 0 aliphatic rings. The largest absolute Gasteiger partial charge is 0.339 e. The Labute approximate surface area is 128 Å².